The number of hydrogen-bond donors (Lipinski definition) is 1. The molecule has 0 aliphatic heterocycles. The molecule has 4 nitrogen and oxygen atoms in total. The van der Waals surface area contributed by atoms with Crippen molar-refractivity contribution in [2.24, 2.45) is 0 Å². The highest BCUT2D eigenvalue weighted by molar-refractivity contribution is 7.89. The van der Waals surface area contributed by atoms with Crippen LogP contribution in [0.3, 0.4) is 0 Å². The van der Waals surface area contributed by atoms with E-state index in [4.69, 9.17) is 0 Å². The summed E-state index contributed by atoms with van der Waals surface area (Å²) in [5.74, 6) is 0. The minimum absolute atomic E-state index is 0.343. The monoisotopic (exact) mass is 318 g/mol. The Morgan fingerprint density at radius 3 is 2.65 bits per heavy atom. The summed E-state index contributed by atoms with van der Waals surface area (Å²) < 4.78 is 26.6. The van der Waals surface area contributed by atoms with E-state index in [0.717, 1.165) is 24.1 Å². The standard InChI is InChI=1S/C14H26N2O2S2/c1-5-6-7-9-16(4)20(17,18)14-8-10-19-13(14)11-15-12(2)3/h8,10,12,15H,5-7,9,11H2,1-4H3. The van der Waals surface area contributed by atoms with Crippen molar-refractivity contribution in [2.75, 3.05) is 13.6 Å². The number of nitrogens with one attached hydrogen (secondary N) is 1. The molecule has 116 valence electrons. The lowest BCUT2D eigenvalue weighted by atomic mass is 10.2. The Kier molecular flexibility index (Phi) is 7.15. The molecule has 0 aliphatic carbocycles. The van der Waals surface area contributed by atoms with E-state index in [0.29, 0.717) is 24.0 Å². The maximum absolute atomic E-state index is 12.6. The lowest BCUT2D eigenvalue weighted by Crippen LogP contribution is -2.29. The third-order valence-corrected chi connectivity index (χ3v) is 6.13. The second kappa shape index (κ2) is 8.12. The van der Waals surface area contributed by atoms with Crippen LogP contribution in [0.15, 0.2) is 16.3 Å². The van der Waals surface area contributed by atoms with Gasteiger partial charge in [0.15, 0.2) is 0 Å². The number of hydrogen-bond acceptors (Lipinski definition) is 4. The van der Waals surface area contributed by atoms with Crippen molar-refractivity contribution < 1.29 is 8.42 Å². The van der Waals surface area contributed by atoms with Gasteiger partial charge in [-0.2, -0.15) is 0 Å². The van der Waals surface area contributed by atoms with Crippen LogP contribution in [0.25, 0.3) is 0 Å². The number of nitrogens with zero attached hydrogens (tertiary/aromatic N) is 1. The van der Waals surface area contributed by atoms with Crippen LogP contribution in [-0.4, -0.2) is 32.4 Å². The first-order valence-corrected chi connectivity index (χ1v) is 9.47. The van der Waals surface area contributed by atoms with Crippen LogP contribution in [0.1, 0.15) is 44.9 Å². The number of thiophene rings is 1. The van der Waals surface area contributed by atoms with Gasteiger partial charge < -0.3 is 5.32 Å². The largest absolute Gasteiger partial charge is 0.310 e. The Morgan fingerprint density at radius 1 is 1.35 bits per heavy atom. The van der Waals surface area contributed by atoms with Gasteiger partial charge in [-0.3, -0.25) is 0 Å². The molecule has 20 heavy (non-hydrogen) atoms. The summed E-state index contributed by atoms with van der Waals surface area (Å²) >= 11 is 1.50. The fourth-order valence-electron chi connectivity index (χ4n) is 1.86. The number of sulfonamides is 1. The average Bonchev–Trinajstić information content (AvgIpc) is 2.85. The average molecular weight is 319 g/mol. The first kappa shape index (κ1) is 17.6. The van der Waals surface area contributed by atoms with Crippen LogP contribution in [0.2, 0.25) is 0 Å². The molecule has 0 aliphatic rings. The topological polar surface area (TPSA) is 49.4 Å². The van der Waals surface area contributed by atoms with Crippen molar-refractivity contribution in [3.8, 4) is 0 Å². The Morgan fingerprint density at radius 2 is 2.05 bits per heavy atom. The predicted octanol–water partition coefficient (Wildman–Crippen LogP) is 3.06. The van der Waals surface area contributed by atoms with Crippen molar-refractivity contribution in [3.63, 3.8) is 0 Å². The van der Waals surface area contributed by atoms with Gasteiger partial charge in [0.1, 0.15) is 0 Å². The fourth-order valence-corrected chi connectivity index (χ4v) is 4.43. The van der Waals surface area contributed by atoms with Gasteiger partial charge in [0.05, 0.1) is 4.90 Å². The predicted molar refractivity (Wildman–Crippen MR) is 85.6 cm³/mol. The Hall–Kier alpha value is -0.430. The third kappa shape index (κ3) is 4.84. The van der Waals surface area contributed by atoms with Crippen molar-refractivity contribution >= 4 is 21.4 Å². The molecule has 0 unspecified atom stereocenters. The van der Waals surface area contributed by atoms with Crippen molar-refractivity contribution in [2.45, 2.75) is 57.5 Å². The van der Waals surface area contributed by atoms with E-state index in [1.165, 1.54) is 15.6 Å². The molecule has 1 heterocycles. The summed E-state index contributed by atoms with van der Waals surface area (Å²) in [4.78, 5) is 1.34. The molecule has 1 aromatic heterocycles. The first-order valence-electron chi connectivity index (χ1n) is 7.15. The SMILES string of the molecule is CCCCCN(C)S(=O)(=O)c1ccsc1CNC(C)C. The molecular formula is C14H26N2O2S2. The van der Waals surface area contributed by atoms with E-state index in [-0.39, 0.29) is 0 Å². The maximum atomic E-state index is 12.6. The second-order valence-electron chi connectivity index (χ2n) is 5.28. The van der Waals surface area contributed by atoms with Crippen molar-refractivity contribution in [1.82, 2.24) is 9.62 Å². The van der Waals surface area contributed by atoms with Gasteiger partial charge in [0.2, 0.25) is 10.0 Å². The van der Waals surface area contributed by atoms with E-state index in [9.17, 15) is 8.42 Å². The highest BCUT2D eigenvalue weighted by Gasteiger charge is 2.24. The minimum atomic E-state index is -3.35. The lowest BCUT2D eigenvalue weighted by Gasteiger charge is -2.17. The van der Waals surface area contributed by atoms with E-state index in [1.54, 1.807) is 13.1 Å². The molecule has 0 amide bonds. The molecule has 1 N–H and O–H groups in total. The van der Waals surface area contributed by atoms with Crippen LogP contribution < -0.4 is 5.32 Å². The van der Waals surface area contributed by atoms with Crippen LogP contribution in [0.5, 0.6) is 0 Å². The first-order chi connectivity index (χ1) is 9.39. The zero-order chi connectivity index (χ0) is 15.2. The van der Waals surface area contributed by atoms with E-state index in [1.807, 2.05) is 5.38 Å². The Bertz CT molecular complexity index is 495. The van der Waals surface area contributed by atoms with E-state index >= 15 is 0 Å². The van der Waals surface area contributed by atoms with Gasteiger partial charge >= 0.3 is 0 Å². The number of rotatable bonds is 9. The molecule has 0 saturated heterocycles. The minimum Gasteiger partial charge on any atom is -0.310 e. The maximum Gasteiger partial charge on any atom is 0.243 e. The molecule has 0 aromatic carbocycles. The van der Waals surface area contributed by atoms with Gasteiger partial charge in [-0.25, -0.2) is 12.7 Å². The molecule has 0 bridgehead atoms. The van der Waals surface area contributed by atoms with Crippen LogP contribution in [0.4, 0.5) is 0 Å². The molecule has 1 aromatic rings. The molecule has 0 radical (unpaired) electrons. The molecular weight excluding hydrogens is 292 g/mol. The summed E-state index contributed by atoms with van der Waals surface area (Å²) in [7, 11) is -1.68. The van der Waals surface area contributed by atoms with Gasteiger partial charge in [-0.1, -0.05) is 33.6 Å². The second-order valence-corrected chi connectivity index (χ2v) is 8.29. The summed E-state index contributed by atoms with van der Waals surface area (Å²) in [5.41, 5.74) is 0. The van der Waals surface area contributed by atoms with Gasteiger partial charge in [0, 0.05) is 31.1 Å². The molecule has 6 heteroatoms. The Labute approximate surface area is 127 Å². The summed E-state index contributed by atoms with van der Waals surface area (Å²) in [6, 6.07) is 2.06. The molecule has 0 spiro atoms. The van der Waals surface area contributed by atoms with Crippen LogP contribution in [-0.2, 0) is 16.6 Å². The van der Waals surface area contributed by atoms with Crippen molar-refractivity contribution in [3.05, 3.63) is 16.3 Å². The quantitative estimate of drug-likeness (QED) is 0.712. The van der Waals surface area contributed by atoms with Gasteiger partial charge in [0.25, 0.3) is 0 Å². The van der Waals surface area contributed by atoms with Gasteiger partial charge in [-0.05, 0) is 17.9 Å². The fraction of sp³-hybridized carbons (Fsp3) is 0.714. The summed E-state index contributed by atoms with van der Waals surface area (Å²) in [5, 5.41) is 5.13. The van der Waals surface area contributed by atoms with Crippen molar-refractivity contribution in [1.29, 1.82) is 0 Å². The molecule has 0 fully saturated rings. The van der Waals surface area contributed by atoms with Crippen LogP contribution >= 0.6 is 11.3 Å². The highest BCUT2D eigenvalue weighted by Crippen LogP contribution is 2.25. The molecule has 0 atom stereocenters. The molecule has 0 saturated carbocycles. The van der Waals surface area contributed by atoms with Gasteiger partial charge in [-0.15, -0.1) is 11.3 Å². The lowest BCUT2D eigenvalue weighted by molar-refractivity contribution is 0.453. The zero-order valence-corrected chi connectivity index (χ0v) is 14.5. The smallest absolute Gasteiger partial charge is 0.243 e. The Balaban J connectivity index is 2.79. The van der Waals surface area contributed by atoms with Crippen LogP contribution in [0, 0.1) is 0 Å². The third-order valence-electron chi connectivity index (χ3n) is 3.14. The highest BCUT2D eigenvalue weighted by atomic mass is 32.2. The summed E-state index contributed by atoms with van der Waals surface area (Å²) in [6.07, 6.45) is 3.07. The van der Waals surface area contributed by atoms with E-state index < -0.39 is 10.0 Å². The number of unbranched alkanes of at least 4 members (excludes halogenated alkanes) is 2. The zero-order valence-electron chi connectivity index (χ0n) is 12.8. The summed E-state index contributed by atoms with van der Waals surface area (Å²) in [6.45, 7) is 7.41. The normalized spacial score (nSPS) is 12.5. The molecule has 1 rings (SSSR count). The van der Waals surface area contributed by atoms with E-state index in [2.05, 4.69) is 26.1 Å².